The molecule has 1 aliphatic heterocycles. The molecule has 0 aliphatic carbocycles. The van der Waals surface area contributed by atoms with E-state index < -0.39 is 0 Å². The van der Waals surface area contributed by atoms with Crippen LogP contribution in [-0.4, -0.2) is 34.7 Å². The SMILES string of the molecule is Cc1nc(CN2CC[C@@H](CO)C2)cs1. The minimum absolute atomic E-state index is 0.326. The molecule has 1 aromatic heterocycles. The van der Waals surface area contributed by atoms with Gasteiger partial charge in [0.05, 0.1) is 10.7 Å². The van der Waals surface area contributed by atoms with Gasteiger partial charge in [0.1, 0.15) is 0 Å². The molecular weight excluding hydrogens is 196 g/mol. The van der Waals surface area contributed by atoms with E-state index in [2.05, 4.69) is 15.3 Å². The monoisotopic (exact) mass is 212 g/mol. The summed E-state index contributed by atoms with van der Waals surface area (Å²) in [6.45, 7) is 5.43. The van der Waals surface area contributed by atoms with E-state index in [1.165, 1.54) is 5.69 Å². The molecular formula is C10H16N2OS. The molecule has 3 nitrogen and oxygen atoms in total. The van der Waals surface area contributed by atoms with Crippen molar-refractivity contribution in [2.24, 2.45) is 5.92 Å². The van der Waals surface area contributed by atoms with E-state index in [1.54, 1.807) is 11.3 Å². The second kappa shape index (κ2) is 4.38. The second-order valence-electron chi connectivity index (χ2n) is 3.93. The average Bonchev–Trinajstić information content (AvgIpc) is 2.76. The molecule has 1 saturated heterocycles. The molecule has 1 aliphatic rings. The molecule has 0 saturated carbocycles. The van der Waals surface area contributed by atoms with Crippen molar-refractivity contribution in [1.82, 2.24) is 9.88 Å². The molecule has 1 fully saturated rings. The Hall–Kier alpha value is -0.450. The minimum atomic E-state index is 0.326. The summed E-state index contributed by atoms with van der Waals surface area (Å²) in [5.41, 5.74) is 1.17. The van der Waals surface area contributed by atoms with Gasteiger partial charge in [0.25, 0.3) is 0 Å². The zero-order valence-corrected chi connectivity index (χ0v) is 9.26. The number of aromatic nitrogens is 1. The molecule has 0 bridgehead atoms. The fourth-order valence-electron chi connectivity index (χ4n) is 1.92. The van der Waals surface area contributed by atoms with Crippen molar-refractivity contribution in [2.75, 3.05) is 19.7 Å². The van der Waals surface area contributed by atoms with Crippen molar-refractivity contribution in [3.05, 3.63) is 16.1 Å². The van der Waals surface area contributed by atoms with E-state index in [0.29, 0.717) is 12.5 Å². The summed E-state index contributed by atoms with van der Waals surface area (Å²) in [6, 6.07) is 0. The van der Waals surface area contributed by atoms with Gasteiger partial charge in [-0.2, -0.15) is 0 Å². The molecule has 1 atom stereocenters. The molecule has 1 aromatic rings. The zero-order chi connectivity index (χ0) is 9.97. The van der Waals surface area contributed by atoms with Gasteiger partial charge >= 0.3 is 0 Å². The van der Waals surface area contributed by atoms with E-state index in [-0.39, 0.29) is 0 Å². The van der Waals surface area contributed by atoms with Crippen molar-refractivity contribution in [3.63, 3.8) is 0 Å². The molecule has 1 N–H and O–H groups in total. The van der Waals surface area contributed by atoms with E-state index in [1.807, 2.05) is 6.92 Å². The number of rotatable bonds is 3. The largest absolute Gasteiger partial charge is 0.396 e. The lowest BCUT2D eigenvalue weighted by molar-refractivity contribution is 0.219. The third-order valence-electron chi connectivity index (χ3n) is 2.68. The molecule has 2 heterocycles. The van der Waals surface area contributed by atoms with E-state index >= 15 is 0 Å². The number of nitrogens with zero attached hydrogens (tertiary/aromatic N) is 2. The highest BCUT2D eigenvalue weighted by atomic mass is 32.1. The summed E-state index contributed by atoms with van der Waals surface area (Å²) in [6.07, 6.45) is 1.12. The van der Waals surface area contributed by atoms with Crippen LogP contribution in [-0.2, 0) is 6.54 Å². The molecule has 0 unspecified atom stereocenters. The summed E-state index contributed by atoms with van der Waals surface area (Å²) < 4.78 is 0. The molecule has 0 aromatic carbocycles. The van der Waals surface area contributed by atoms with E-state index in [4.69, 9.17) is 5.11 Å². The normalized spacial score (nSPS) is 23.1. The van der Waals surface area contributed by atoms with Gasteiger partial charge in [0.2, 0.25) is 0 Å². The van der Waals surface area contributed by atoms with Crippen LogP contribution in [0.2, 0.25) is 0 Å². The fourth-order valence-corrected chi connectivity index (χ4v) is 2.52. The Kier molecular flexibility index (Phi) is 3.15. The predicted molar refractivity (Wildman–Crippen MR) is 57.3 cm³/mol. The molecule has 78 valence electrons. The Morgan fingerprint density at radius 3 is 3.14 bits per heavy atom. The van der Waals surface area contributed by atoms with Crippen molar-refractivity contribution < 1.29 is 5.11 Å². The topological polar surface area (TPSA) is 36.4 Å². The first-order valence-corrected chi connectivity index (χ1v) is 5.90. The maximum absolute atomic E-state index is 9.01. The maximum Gasteiger partial charge on any atom is 0.0897 e. The minimum Gasteiger partial charge on any atom is -0.396 e. The van der Waals surface area contributed by atoms with Gasteiger partial charge in [-0.1, -0.05) is 0 Å². The quantitative estimate of drug-likeness (QED) is 0.819. The first-order chi connectivity index (χ1) is 6.78. The summed E-state index contributed by atoms with van der Waals surface area (Å²) in [5, 5.41) is 12.3. The first-order valence-electron chi connectivity index (χ1n) is 5.02. The summed E-state index contributed by atoms with van der Waals surface area (Å²) >= 11 is 1.71. The molecule has 14 heavy (non-hydrogen) atoms. The maximum atomic E-state index is 9.01. The van der Waals surface area contributed by atoms with Crippen molar-refractivity contribution in [3.8, 4) is 0 Å². The first kappa shape index (κ1) is 10.1. The van der Waals surface area contributed by atoms with Gasteiger partial charge in [-0.15, -0.1) is 11.3 Å². The van der Waals surface area contributed by atoms with Crippen LogP contribution in [0.4, 0.5) is 0 Å². The Bertz CT molecular complexity index is 300. The summed E-state index contributed by atoms with van der Waals surface area (Å²) in [5.74, 6) is 0.481. The summed E-state index contributed by atoms with van der Waals surface area (Å²) in [7, 11) is 0. The van der Waals surface area contributed by atoms with Gasteiger partial charge < -0.3 is 5.11 Å². The molecule has 4 heteroatoms. The highest BCUT2D eigenvalue weighted by Crippen LogP contribution is 2.18. The summed E-state index contributed by atoms with van der Waals surface area (Å²) in [4.78, 5) is 6.81. The van der Waals surface area contributed by atoms with Gasteiger partial charge in [-0.05, 0) is 25.8 Å². The second-order valence-corrected chi connectivity index (χ2v) is 4.99. The zero-order valence-electron chi connectivity index (χ0n) is 8.44. The fraction of sp³-hybridized carbons (Fsp3) is 0.700. The molecule has 0 radical (unpaired) electrons. The lowest BCUT2D eigenvalue weighted by atomic mass is 10.1. The predicted octanol–water partition coefficient (Wildman–Crippen LogP) is 1.27. The Morgan fingerprint density at radius 1 is 1.71 bits per heavy atom. The van der Waals surface area contributed by atoms with Crippen LogP contribution in [0.25, 0.3) is 0 Å². The molecule has 2 rings (SSSR count). The standard InChI is InChI=1S/C10H16N2OS/c1-8-11-10(7-14-8)5-12-3-2-9(4-12)6-13/h7,9,13H,2-6H2,1H3/t9-/m1/s1. The van der Waals surface area contributed by atoms with Crippen LogP contribution in [0.5, 0.6) is 0 Å². The van der Waals surface area contributed by atoms with Crippen LogP contribution >= 0.6 is 11.3 Å². The number of aliphatic hydroxyl groups is 1. The van der Waals surface area contributed by atoms with Crippen LogP contribution in [0.1, 0.15) is 17.1 Å². The highest BCUT2D eigenvalue weighted by Gasteiger charge is 2.21. The smallest absolute Gasteiger partial charge is 0.0897 e. The van der Waals surface area contributed by atoms with Gasteiger partial charge in [0, 0.05) is 25.1 Å². The lowest BCUT2D eigenvalue weighted by Crippen LogP contribution is -2.21. The van der Waals surface area contributed by atoms with Crippen LogP contribution in [0.3, 0.4) is 0 Å². The Balaban J connectivity index is 1.87. The van der Waals surface area contributed by atoms with Gasteiger partial charge in [0.15, 0.2) is 0 Å². The molecule has 0 amide bonds. The average molecular weight is 212 g/mol. The molecule has 0 spiro atoms. The Morgan fingerprint density at radius 2 is 2.57 bits per heavy atom. The number of hydrogen-bond donors (Lipinski definition) is 1. The number of hydrogen-bond acceptors (Lipinski definition) is 4. The highest BCUT2D eigenvalue weighted by molar-refractivity contribution is 7.09. The Labute approximate surface area is 88.4 Å². The number of likely N-dealkylation sites (tertiary alicyclic amines) is 1. The van der Waals surface area contributed by atoms with Crippen LogP contribution < -0.4 is 0 Å². The van der Waals surface area contributed by atoms with Crippen LogP contribution in [0, 0.1) is 12.8 Å². The lowest BCUT2D eigenvalue weighted by Gasteiger charge is -2.13. The number of aryl methyl sites for hydroxylation is 1. The van der Waals surface area contributed by atoms with E-state index in [0.717, 1.165) is 31.1 Å². The third-order valence-corrected chi connectivity index (χ3v) is 3.50. The van der Waals surface area contributed by atoms with Crippen molar-refractivity contribution >= 4 is 11.3 Å². The van der Waals surface area contributed by atoms with E-state index in [9.17, 15) is 0 Å². The van der Waals surface area contributed by atoms with Crippen molar-refractivity contribution in [1.29, 1.82) is 0 Å². The van der Waals surface area contributed by atoms with Crippen LogP contribution in [0.15, 0.2) is 5.38 Å². The van der Waals surface area contributed by atoms with Gasteiger partial charge in [-0.3, -0.25) is 4.90 Å². The number of thiazole rings is 1. The third kappa shape index (κ3) is 2.32. The number of aliphatic hydroxyl groups excluding tert-OH is 1. The van der Waals surface area contributed by atoms with Crippen molar-refractivity contribution in [2.45, 2.75) is 19.9 Å². The van der Waals surface area contributed by atoms with Gasteiger partial charge in [-0.25, -0.2) is 4.98 Å².